The number of guanidine groups is 1. The lowest BCUT2D eigenvalue weighted by Crippen LogP contribution is -2.37. The SMILES string of the molecule is CCc1noc(CC)c1CNC(=NC)NCCCOC(C)c1ccccc1.I. The average Bonchev–Trinajstić information content (AvgIpc) is 3.12. The normalized spacial score (nSPS) is 12.4. The van der Waals surface area contributed by atoms with Gasteiger partial charge >= 0.3 is 0 Å². The minimum Gasteiger partial charge on any atom is -0.374 e. The van der Waals surface area contributed by atoms with Crippen molar-refractivity contribution in [2.45, 2.75) is 52.7 Å². The molecule has 1 atom stereocenters. The Balaban J connectivity index is 0.00000392. The van der Waals surface area contributed by atoms with E-state index in [-0.39, 0.29) is 30.1 Å². The first-order valence-corrected chi connectivity index (χ1v) is 9.76. The molecule has 156 valence electrons. The molecule has 0 fully saturated rings. The minimum absolute atomic E-state index is 0. The summed E-state index contributed by atoms with van der Waals surface area (Å²) in [6, 6.07) is 10.3. The third-order valence-electron chi connectivity index (χ3n) is 4.51. The lowest BCUT2D eigenvalue weighted by atomic mass is 10.1. The molecule has 1 aromatic carbocycles. The van der Waals surface area contributed by atoms with Crippen LogP contribution in [0, 0.1) is 0 Å². The number of aliphatic imine (C=N–C) groups is 1. The van der Waals surface area contributed by atoms with Crippen LogP contribution in [0.4, 0.5) is 0 Å². The van der Waals surface area contributed by atoms with Crippen molar-refractivity contribution in [1.82, 2.24) is 15.8 Å². The Kier molecular flexibility index (Phi) is 11.8. The van der Waals surface area contributed by atoms with E-state index < -0.39 is 0 Å². The molecule has 1 aromatic heterocycles. The van der Waals surface area contributed by atoms with Gasteiger partial charge in [-0.3, -0.25) is 4.99 Å². The summed E-state index contributed by atoms with van der Waals surface area (Å²) in [5.41, 5.74) is 3.36. The second-order valence-corrected chi connectivity index (χ2v) is 6.37. The maximum atomic E-state index is 5.90. The minimum atomic E-state index is 0. The standard InChI is InChI=1S/C21H32N4O2.HI/c1-5-19-18(20(6-2)27-25-19)15-24-21(22-4)23-13-10-14-26-16(3)17-11-8-7-9-12-17;/h7-9,11-12,16H,5-6,10,13-15H2,1-4H3,(H2,22,23,24);1H. The predicted molar refractivity (Wildman–Crippen MR) is 124 cm³/mol. The highest BCUT2D eigenvalue weighted by Gasteiger charge is 2.13. The highest BCUT2D eigenvalue weighted by molar-refractivity contribution is 14.0. The van der Waals surface area contributed by atoms with Crippen LogP contribution in [-0.4, -0.2) is 31.3 Å². The molecule has 2 N–H and O–H groups in total. The van der Waals surface area contributed by atoms with Crippen molar-refractivity contribution in [3.8, 4) is 0 Å². The van der Waals surface area contributed by atoms with Crippen LogP contribution < -0.4 is 10.6 Å². The van der Waals surface area contributed by atoms with E-state index in [2.05, 4.69) is 53.7 Å². The smallest absolute Gasteiger partial charge is 0.191 e. The summed E-state index contributed by atoms with van der Waals surface area (Å²) in [5, 5.41) is 10.8. The Labute approximate surface area is 185 Å². The number of nitrogens with one attached hydrogen (secondary N) is 2. The van der Waals surface area contributed by atoms with Gasteiger partial charge in [-0.05, 0) is 25.3 Å². The van der Waals surface area contributed by atoms with Crippen LogP contribution in [0.15, 0.2) is 39.8 Å². The Morgan fingerprint density at radius 2 is 1.93 bits per heavy atom. The van der Waals surface area contributed by atoms with Crippen LogP contribution in [0.1, 0.15) is 55.9 Å². The van der Waals surface area contributed by atoms with Crippen molar-refractivity contribution >= 4 is 29.9 Å². The van der Waals surface area contributed by atoms with Crippen molar-refractivity contribution < 1.29 is 9.26 Å². The highest BCUT2D eigenvalue weighted by atomic mass is 127. The molecule has 0 radical (unpaired) electrons. The fraction of sp³-hybridized carbons (Fsp3) is 0.524. The van der Waals surface area contributed by atoms with E-state index >= 15 is 0 Å². The van der Waals surface area contributed by atoms with Gasteiger partial charge in [-0.2, -0.15) is 0 Å². The molecule has 0 aliphatic carbocycles. The number of aromatic nitrogens is 1. The molecule has 0 bridgehead atoms. The van der Waals surface area contributed by atoms with Gasteiger partial charge in [0, 0.05) is 38.7 Å². The van der Waals surface area contributed by atoms with Crippen molar-refractivity contribution in [3.63, 3.8) is 0 Å². The van der Waals surface area contributed by atoms with Crippen LogP contribution in [0.5, 0.6) is 0 Å². The summed E-state index contributed by atoms with van der Waals surface area (Å²) < 4.78 is 11.3. The zero-order valence-electron chi connectivity index (χ0n) is 17.3. The van der Waals surface area contributed by atoms with Gasteiger partial charge in [0.15, 0.2) is 5.96 Å². The van der Waals surface area contributed by atoms with E-state index in [0.717, 1.165) is 48.8 Å². The van der Waals surface area contributed by atoms with Gasteiger partial charge in [0.05, 0.1) is 11.8 Å². The molecule has 2 aromatic rings. The van der Waals surface area contributed by atoms with Crippen molar-refractivity contribution in [2.24, 2.45) is 4.99 Å². The van der Waals surface area contributed by atoms with E-state index in [4.69, 9.17) is 9.26 Å². The van der Waals surface area contributed by atoms with Crippen molar-refractivity contribution in [1.29, 1.82) is 0 Å². The molecular weight excluding hydrogens is 467 g/mol. The summed E-state index contributed by atoms with van der Waals surface area (Å²) in [6.45, 7) is 8.41. The molecule has 1 heterocycles. The molecule has 1 unspecified atom stereocenters. The third-order valence-corrected chi connectivity index (χ3v) is 4.51. The van der Waals surface area contributed by atoms with E-state index in [1.807, 2.05) is 18.2 Å². The monoisotopic (exact) mass is 500 g/mol. The first kappa shape index (κ1) is 24.4. The zero-order chi connectivity index (χ0) is 19.5. The molecule has 6 nitrogen and oxygen atoms in total. The number of nitrogens with zero attached hydrogens (tertiary/aromatic N) is 2. The second-order valence-electron chi connectivity index (χ2n) is 6.37. The van der Waals surface area contributed by atoms with Crippen molar-refractivity contribution in [2.75, 3.05) is 20.2 Å². The fourth-order valence-electron chi connectivity index (χ4n) is 2.89. The first-order chi connectivity index (χ1) is 13.2. The average molecular weight is 500 g/mol. The fourth-order valence-corrected chi connectivity index (χ4v) is 2.89. The van der Waals surface area contributed by atoms with E-state index in [1.54, 1.807) is 7.05 Å². The molecule has 0 saturated carbocycles. The molecule has 7 heteroatoms. The number of benzene rings is 1. The van der Waals surface area contributed by atoms with Crippen LogP contribution in [0.25, 0.3) is 0 Å². The molecule has 2 rings (SSSR count). The van der Waals surface area contributed by atoms with Gasteiger partial charge in [-0.15, -0.1) is 24.0 Å². The summed E-state index contributed by atoms with van der Waals surface area (Å²) in [6.07, 6.45) is 2.72. The Hall–Kier alpha value is -1.61. The lowest BCUT2D eigenvalue weighted by molar-refractivity contribution is 0.0646. The molecule has 0 aliphatic rings. The third kappa shape index (κ3) is 7.43. The lowest BCUT2D eigenvalue weighted by Gasteiger charge is -2.15. The number of ether oxygens (including phenoxy) is 1. The second kappa shape index (κ2) is 13.5. The quantitative estimate of drug-likeness (QED) is 0.221. The zero-order valence-corrected chi connectivity index (χ0v) is 19.7. The van der Waals surface area contributed by atoms with Gasteiger partial charge in [0.2, 0.25) is 0 Å². The number of hydrogen-bond donors (Lipinski definition) is 2. The van der Waals surface area contributed by atoms with E-state index in [9.17, 15) is 0 Å². The van der Waals surface area contributed by atoms with Crippen LogP contribution in [0.3, 0.4) is 0 Å². The number of halogens is 1. The van der Waals surface area contributed by atoms with Crippen LogP contribution >= 0.6 is 24.0 Å². The summed E-state index contributed by atoms with van der Waals surface area (Å²) >= 11 is 0. The van der Waals surface area contributed by atoms with E-state index in [0.29, 0.717) is 13.2 Å². The van der Waals surface area contributed by atoms with Gasteiger partial charge < -0.3 is 19.9 Å². The maximum absolute atomic E-state index is 5.90. The topological polar surface area (TPSA) is 71.7 Å². The van der Waals surface area contributed by atoms with Gasteiger partial charge in [-0.1, -0.05) is 49.3 Å². The number of hydrogen-bond acceptors (Lipinski definition) is 4. The Bertz CT molecular complexity index is 682. The Morgan fingerprint density at radius 1 is 1.18 bits per heavy atom. The molecular formula is C21H33IN4O2. The highest BCUT2D eigenvalue weighted by Crippen LogP contribution is 2.16. The molecule has 28 heavy (non-hydrogen) atoms. The maximum Gasteiger partial charge on any atom is 0.191 e. The van der Waals surface area contributed by atoms with Crippen LogP contribution in [0.2, 0.25) is 0 Å². The van der Waals surface area contributed by atoms with Crippen molar-refractivity contribution in [3.05, 3.63) is 52.9 Å². The molecule has 0 saturated heterocycles. The van der Waals surface area contributed by atoms with Crippen LogP contribution in [-0.2, 0) is 24.1 Å². The molecule has 0 aliphatic heterocycles. The van der Waals surface area contributed by atoms with Gasteiger partial charge in [-0.25, -0.2) is 0 Å². The van der Waals surface area contributed by atoms with E-state index in [1.165, 1.54) is 5.56 Å². The summed E-state index contributed by atoms with van der Waals surface area (Å²) in [4.78, 5) is 4.28. The van der Waals surface area contributed by atoms with Gasteiger partial charge in [0.1, 0.15) is 5.76 Å². The molecule has 0 spiro atoms. The number of aryl methyl sites for hydroxylation is 2. The number of rotatable bonds is 10. The first-order valence-electron chi connectivity index (χ1n) is 9.76. The summed E-state index contributed by atoms with van der Waals surface area (Å²) in [5.74, 6) is 1.72. The largest absolute Gasteiger partial charge is 0.374 e. The summed E-state index contributed by atoms with van der Waals surface area (Å²) in [7, 11) is 1.78. The predicted octanol–water partition coefficient (Wildman–Crippen LogP) is 4.25. The Morgan fingerprint density at radius 3 is 2.57 bits per heavy atom. The molecule has 0 amide bonds. The van der Waals surface area contributed by atoms with Gasteiger partial charge in [0.25, 0.3) is 0 Å².